The first-order chi connectivity index (χ1) is 9.27. The zero-order chi connectivity index (χ0) is 13.9. The smallest absolute Gasteiger partial charge is 0.308 e. The number of aryl methyl sites for hydroxylation is 1. The molecule has 1 unspecified atom stereocenters. The summed E-state index contributed by atoms with van der Waals surface area (Å²) in [4.78, 5) is 11.7. The van der Waals surface area contributed by atoms with Crippen LogP contribution in [0.25, 0.3) is 0 Å². The van der Waals surface area contributed by atoms with E-state index in [-0.39, 0.29) is 11.9 Å². The molecule has 0 heterocycles. The Kier molecular flexibility index (Phi) is 7.95. The van der Waals surface area contributed by atoms with Crippen molar-refractivity contribution in [3.8, 4) is 0 Å². The molecule has 0 aromatic heterocycles. The van der Waals surface area contributed by atoms with Gasteiger partial charge in [-0.2, -0.15) is 0 Å². The SMILES string of the molecule is CCCCC(CCCCc1ccccc1)C(=O)OC. The number of carbonyl (C=O) groups is 1. The highest BCUT2D eigenvalue weighted by atomic mass is 16.5. The van der Waals surface area contributed by atoms with Gasteiger partial charge in [0.2, 0.25) is 0 Å². The van der Waals surface area contributed by atoms with E-state index >= 15 is 0 Å². The fourth-order valence-corrected chi connectivity index (χ4v) is 2.36. The standard InChI is InChI=1S/C17H26O2/c1-3-4-13-16(17(18)19-2)14-9-8-12-15-10-6-5-7-11-15/h5-7,10-11,16H,3-4,8-9,12-14H2,1-2H3. The van der Waals surface area contributed by atoms with Crippen molar-refractivity contribution in [2.45, 2.75) is 51.9 Å². The molecular formula is C17H26O2. The van der Waals surface area contributed by atoms with E-state index in [2.05, 4.69) is 31.2 Å². The van der Waals surface area contributed by atoms with Gasteiger partial charge in [0.05, 0.1) is 13.0 Å². The van der Waals surface area contributed by atoms with Crippen molar-refractivity contribution < 1.29 is 9.53 Å². The van der Waals surface area contributed by atoms with E-state index in [4.69, 9.17) is 4.74 Å². The molecule has 0 fully saturated rings. The number of rotatable bonds is 9. The highest BCUT2D eigenvalue weighted by molar-refractivity contribution is 5.72. The Morgan fingerprint density at radius 1 is 1.11 bits per heavy atom. The molecule has 106 valence electrons. The normalized spacial score (nSPS) is 12.1. The van der Waals surface area contributed by atoms with E-state index in [9.17, 15) is 4.79 Å². The van der Waals surface area contributed by atoms with Gasteiger partial charge in [0.25, 0.3) is 0 Å². The molecule has 2 nitrogen and oxygen atoms in total. The number of methoxy groups -OCH3 is 1. The molecule has 0 saturated carbocycles. The molecular weight excluding hydrogens is 236 g/mol. The molecule has 0 aliphatic carbocycles. The lowest BCUT2D eigenvalue weighted by atomic mass is 9.95. The number of carbonyl (C=O) groups excluding carboxylic acids is 1. The minimum Gasteiger partial charge on any atom is -0.469 e. The summed E-state index contributed by atoms with van der Waals surface area (Å²) in [6, 6.07) is 10.5. The minimum atomic E-state index is -0.0341. The highest BCUT2D eigenvalue weighted by Gasteiger charge is 2.17. The number of benzene rings is 1. The lowest BCUT2D eigenvalue weighted by Crippen LogP contribution is -2.16. The van der Waals surface area contributed by atoms with Crippen molar-refractivity contribution in [2.24, 2.45) is 5.92 Å². The Morgan fingerprint density at radius 2 is 1.79 bits per heavy atom. The fraction of sp³-hybridized carbons (Fsp3) is 0.588. The van der Waals surface area contributed by atoms with Gasteiger partial charge in [0, 0.05) is 0 Å². The molecule has 0 saturated heterocycles. The molecule has 0 bridgehead atoms. The van der Waals surface area contributed by atoms with Crippen LogP contribution in [0.1, 0.15) is 51.0 Å². The van der Waals surface area contributed by atoms with Crippen molar-refractivity contribution in [2.75, 3.05) is 7.11 Å². The average molecular weight is 262 g/mol. The number of unbranched alkanes of at least 4 members (excludes halogenated alkanes) is 2. The molecule has 0 amide bonds. The van der Waals surface area contributed by atoms with Crippen LogP contribution in [0.5, 0.6) is 0 Å². The van der Waals surface area contributed by atoms with E-state index < -0.39 is 0 Å². The predicted molar refractivity (Wildman–Crippen MR) is 79.0 cm³/mol. The van der Waals surface area contributed by atoms with Crippen LogP contribution < -0.4 is 0 Å². The van der Waals surface area contributed by atoms with Crippen molar-refractivity contribution in [3.05, 3.63) is 35.9 Å². The summed E-state index contributed by atoms with van der Waals surface area (Å²) in [5.74, 6) is 0.0638. The van der Waals surface area contributed by atoms with Gasteiger partial charge in [-0.25, -0.2) is 0 Å². The molecule has 19 heavy (non-hydrogen) atoms. The summed E-state index contributed by atoms with van der Waals surface area (Å²) < 4.78 is 4.89. The Morgan fingerprint density at radius 3 is 2.42 bits per heavy atom. The topological polar surface area (TPSA) is 26.3 Å². The van der Waals surface area contributed by atoms with Crippen LogP contribution in [0.2, 0.25) is 0 Å². The number of ether oxygens (including phenoxy) is 1. The van der Waals surface area contributed by atoms with Gasteiger partial charge in [0.15, 0.2) is 0 Å². The monoisotopic (exact) mass is 262 g/mol. The van der Waals surface area contributed by atoms with Gasteiger partial charge < -0.3 is 4.74 Å². The summed E-state index contributed by atoms with van der Waals surface area (Å²) in [5, 5.41) is 0. The molecule has 1 atom stereocenters. The lowest BCUT2D eigenvalue weighted by molar-refractivity contribution is -0.146. The molecule has 2 heteroatoms. The largest absolute Gasteiger partial charge is 0.469 e. The first kappa shape index (κ1) is 15.7. The van der Waals surface area contributed by atoms with Crippen LogP contribution in [-0.4, -0.2) is 13.1 Å². The third kappa shape index (κ3) is 6.42. The summed E-state index contributed by atoms with van der Waals surface area (Å²) >= 11 is 0. The zero-order valence-corrected chi connectivity index (χ0v) is 12.2. The summed E-state index contributed by atoms with van der Waals surface area (Å²) in [6.45, 7) is 2.16. The molecule has 1 aromatic rings. The maximum Gasteiger partial charge on any atom is 0.308 e. The third-order valence-electron chi connectivity index (χ3n) is 3.55. The second kappa shape index (κ2) is 9.60. The zero-order valence-electron chi connectivity index (χ0n) is 12.2. The van der Waals surface area contributed by atoms with Crippen LogP contribution in [0, 0.1) is 5.92 Å². The van der Waals surface area contributed by atoms with Gasteiger partial charge in [0.1, 0.15) is 0 Å². The van der Waals surface area contributed by atoms with Gasteiger partial charge in [-0.15, -0.1) is 0 Å². The van der Waals surface area contributed by atoms with Gasteiger partial charge in [-0.1, -0.05) is 56.5 Å². The number of hydrogen-bond donors (Lipinski definition) is 0. The molecule has 0 aliphatic rings. The van der Waals surface area contributed by atoms with Crippen LogP contribution in [0.4, 0.5) is 0 Å². The fourth-order valence-electron chi connectivity index (χ4n) is 2.36. The minimum absolute atomic E-state index is 0.0341. The van der Waals surface area contributed by atoms with Crippen LogP contribution >= 0.6 is 0 Å². The second-order valence-corrected chi connectivity index (χ2v) is 5.09. The summed E-state index contributed by atoms with van der Waals surface area (Å²) in [7, 11) is 1.49. The van der Waals surface area contributed by atoms with Crippen LogP contribution in [0.3, 0.4) is 0 Å². The molecule has 0 N–H and O–H groups in total. The van der Waals surface area contributed by atoms with Crippen molar-refractivity contribution >= 4 is 5.97 Å². The quantitative estimate of drug-likeness (QED) is 0.487. The van der Waals surface area contributed by atoms with Gasteiger partial charge in [-0.3, -0.25) is 4.79 Å². The van der Waals surface area contributed by atoms with E-state index in [0.29, 0.717) is 0 Å². The second-order valence-electron chi connectivity index (χ2n) is 5.09. The molecule has 0 aliphatic heterocycles. The van der Waals surface area contributed by atoms with Gasteiger partial charge >= 0.3 is 5.97 Å². The van der Waals surface area contributed by atoms with Crippen molar-refractivity contribution in [1.82, 2.24) is 0 Å². The highest BCUT2D eigenvalue weighted by Crippen LogP contribution is 2.18. The Bertz CT molecular complexity index is 346. The first-order valence-corrected chi connectivity index (χ1v) is 7.39. The van der Waals surface area contributed by atoms with E-state index in [1.165, 1.54) is 12.7 Å². The van der Waals surface area contributed by atoms with E-state index in [0.717, 1.165) is 44.9 Å². The number of hydrogen-bond acceptors (Lipinski definition) is 2. The Hall–Kier alpha value is -1.31. The number of esters is 1. The van der Waals surface area contributed by atoms with E-state index in [1.54, 1.807) is 0 Å². The molecule has 0 radical (unpaired) electrons. The van der Waals surface area contributed by atoms with Crippen LogP contribution in [-0.2, 0) is 16.0 Å². The molecule has 1 rings (SSSR count). The maximum atomic E-state index is 11.7. The van der Waals surface area contributed by atoms with Crippen LogP contribution in [0.15, 0.2) is 30.3 Å². The Balaban J connectivity index is 2.25. The average Bonchev–Trinajstić information content (AvgIpc) is 2.47. The predicted octanol–water partition coefficient (Wildman–Crippen LogP) is 4.38. The maximum absolute atomic E-state index is 11.7. The van der Waals surface area contributed by atoms with E-state index in [1.807, 2.05) is 6.07 Å². The summed E-state index contributed by atoms with van der Waals surface area (Å²) in [6.07, 6.45) is 7.51. The molecule has 1 aromatic carbocycles. The third-order valence-corrected chi connectivity index (χ3v) is 3.55. The van der Waals surface area contributed by atoms with Crippen molar-refractivity contribution in [3.63, 3.8) is 0 Å². The Labute approximate surface area is 117 Å². The molecule has 0 spiro atoms. The lowest BCUT2D eigenvalue weighted by Gasteiger charge is -2.13. The first-order valence-electron chi connectivity index (χ1n) is 7.39. The van der Waals surface area contributed by atoms with Gasteiger partial charge in [-0.05, 0) is 31.2 Å². The summed E-state index contributed by atoms with van der Waals surface area (Å²) in [5.41, 5.74) is 1.38. The van der Waals surface area contributed by atoms with Crippen molar-refractivity contribution in [1.29, 1.82) is 0 Å².